The third kappa shape index (κ3) is 3.99. The number of hydrogen-bond donors (Lipinski definition) is 1. The van der Waals surface area contributed by atoms with Crippen LogP contribution < -0.4 is 0 Å². The fourth-order valence-electron chi connectivity index (χ4n) is 3.85. The number of rotatable bonds is 6. The third-order valence-corrected chi connectivity index (χ3v) is 5.81. The molecule has 0 unspecified atom stereocenters. The molecule has 1 aromatic rings. The van der Waals surface area contributed by atoms with Crippen molar-refractivity contribution in [3.8, 4) is 0 Å². The molecule has 1 N–H and O–H groups in total. The highest BCUT2D eigenvalue weighted by molar-refractivity contribution is 5.97. The molecule has 0 bridgehead atoms. The molecule has 8 heteroatoms. The van der Waals surface area contributed by atoms with E-state index in [0.717, 1.165) is 19.4 Å². The van der Waals surface area contributed by atoms with Crippen molar-refractivity contribution in [2.24, 2.45) is 5.92 Å². The van der Waals surface area contributed by atoms with Crippen LogP contribution in [-0.2, 0) is 4.74 Å². The molecule has 0 atom stereocenters. The quantitative estimate of drug-likeness (QED) is 0.770. The van der Waals surface area contributed by atoms with Crippen LogP contribution in [0.3, 0.4) is 0 Å². The zero-order valence-corrected chi connectivity index (χ0v) is 16.3. The monoisotopic (exact) mass is 376 g/mol. The fraction of sp³-hybridized carbons (Fsp3) is 0.684. The van der Waals surface area contributed by atoms with E-state index in [0.29, 0.717) is 44.1 Å². The minimum absolute atomic E-state index is 0.178. The molecule has 8 nitrogen and oxygen atoms in total. The highest BCUT2D eigenvalue weighted by Gasteiger charge is 2.47. The molecule has 0 saturated carbocycles. The Hall–Kier alpha value is -2.38. The van der Waals surface area contributed by atoms with Crippen molar-refractivity contribution in [3.63, 3.8) is 0 Å². The molecule has 148 valence electrons. The van der Waals surface area contributed by atoms with E-state index in [-0.39, 0.29) is 23.5 Å². The second kappa shape index (κ2) is 7.70. The number of Topliss-reactive ketones (excluding diaryl/α,β-unsaturated/α-hetero) is 1. The van der Waals surface area contributed by atoms with Crippen molar-refractivity contribution in [2.75, 3.05) is 26.2 Å². The smallest absolute Gasteiger partial charge is 0.410 e. The minimum atomic E-state index is -0.488. The highest BCUT2D eigenvalue weighted by Crippen LogP contribution is 2.34. The maximum absolute atomic E-state index is 12.6. The van der Waals surface area contributed by atoms with Crippen LogP contribution in [0, 0.1) is 5.92 Å². The molecule has 2 fully saturated rings. The lowest BCUT2D eigenvalue weighted by atomic mass is 9.90. The van der Waals surface area contributed by atoms with E-state index in [9.17, 15) is 14.4 Å². The van der Waals surface area contributed by atoms with Crippen LogP contribution in [0.4, 0.5) is 4.79 Å². The van der Waals surface area contributed by atoms with Gasteiger partial charge in [0, 0.05) is 39.4 Å². The van der Waals surface area contributed by atoms with E-state index < -0.39 is 5.60 Å². The molecular weight excluding hydrogens is 348 g/mol. The summed E-state index contributed by atoms with van der Waals surface area (Å²) in [6.07, 6.45) is 3.10. The van der Waals surface area contributed by atoms with E-state index in [1.165, 1.54) is 13.0 Å². The number of carbonyl (C=O) groups excluding carboxylic acids is 3. The van der Waals surface area contributed by atoms with Crippen molar-refractivity contribution < 1.29 is 19.1 Å². The number of ketones is 1. The number of carbonyl (C=O) groups is 3. The summed E-state index contributed by atoms with van der Waals surface area (Å²) in [6, 6.07) is 1.49. The lowest BCUT2D eigenvalue weighted by molar-refractivity contribution is 0.00294. The van der Waals surface area contributed by atoms with E-state index in [1.807, 2.05) is 4.90 Å². The van der Waals surface area contributed by atoms with Gasteiger partial charge in [0.15, 0.2) is 5.78 Å². The molecule has 27 heavy (non-hydrogen) atoms. The van der Waals surface area contributed by atoms with Crippen LogP contribution in [-0.4, -0.2) is 69.6 Å². The minimum Gasteiger partial charge on any atom is -0.441 e. The second-order valence-electron chi connectivity index (χ2n) is 7.63. The van der Waals surface area contributed by atoms with Gasteiger partial charge in [-0.25, -0.2) is 4.79 Å². The number of piperidine rings is 1. The molecule has 2 amide bonds. The molecule has 3 rings (SSSR count). The average molecular weight is 376 g/mol. The summed E-state index contributed by atoms with van der Waals surface area (Å²) in [5.41, 5.74) is 0.0850. The summed E-state index contributed by atoms with van der Waals surface area (Å²) in [5.74, 6) is 0.131. The Bertz CT molecular complexity index is 717. The first-order valence-corrected chi connectivity index (χ1v) is 9.71. The third-order valence-electron chi connectivity index (χ3n) is 5.81. The highest BCUT2D eigenvalue weighted by atomic mass is 16.6. The van der Waals surface area contributed by atoms with Crippen molar-refractivity contribution in [2.45, 2.75) is 52.1 Å². The number of aromatic amines is 1. The van der Waals surface area contributed by atoms with E-state index in [1.54, 1.807) is 4.90 Å². The number of likely N-dealkylation sites (tertiary alicyclic amines) is 1. The number of H-pyrrole nitrogens is 1. The summed E-state index contributed by atoms with van der Waals surface area (Å²) in [4.78, 5) is 39.8. The average Bonchev–Trinajstić information content (AvgIpc) is 3.25. The first kappa shape index (κ1) is 19.4. The lowest BCUT2D eigenvalue weighted by Gasteiger charge is -2.37. The van der Waals surface area contributed by atoms with Gasteiger partial charge in [0.1, 0.15) is 17.0 Å². The number of nitrogens with zero attached hydrogens (tertiary/aromatic N) is 3. The van der Waals surface area contributed by atoms with Gasteiger partial charge in [0.2, 0.25) is 0 Å². The Labute approximate surface area is 159 Å². The zero-order chi connectivity index (χ0) is 19.6. The summed E-state index contributed by atoms with van der Waals surface area (Å²) in [5, 5.41) is 6.51. The normalized spacial score (nSPS) is 19.0. The van der Waals surface area contributed by atoms with Gasteiger partial charge in [0.25, 0.3) is 5.91 Å². The Morgan fingerprint density at radius 1 is 1.30 bits per heavy atom. The van der Waals surface area contributed by atoms with E-state index in [4.69, 9.17) is 4.74 Å². The van der Waals surface area contributed by atoms with E-state index in [2.05, 4.69) is 24.0 Å². The molecule has 1 aromatic heterocycles. The van der Waals surface area contributed by atoms with Crippen LogP contribution >= 0.6 is 0 Å². The van der Waals surface area contributed by atoms with Crippen LogP contribution in [0.15, 0.2) is 6.07 Å². The molecule has 0 aliphatic carbocycles. The predicted octanol–water partition coefficient (Wildman–Crippen LogP) is 2.48. The largest absolute Gasteiger partial charge is 0.441 e. The number of ether oxygens (including phenoxy) is 1. The van der Waals surface area contributed by atoms with Crippen molar-refractivity contribution in [1.82, 2.24) is 20.0 Å². The molecular formula is C19H28N4O4. The van der Waals surface area contributed by atoms with Gasteiger partial charge in [-0.3, -0.25) is 14.7 Å². The van der Waals surface area contributed by atoms with Gasteiger partial charge in [-0.2, -0.15) is 5.10 Å². The Morgan fingerprint density at radius 3 is 2.52 bits per heavy atom. The van der Waals surface area contributed by atoms with Gasteiger partial charge >= 0.3 is 6.09 Å². The van der Waals surface area contributed by atoms with Gasteiger partial charge in [-0.15, -0.1) is 0 Å². The number of hydrogen-bond acceptors (Lipinski definition) is 5. The first-order chi connectivity index (χ1) is 12.9. The molecule has 2 saturated heterocycles. The van der Waals surface area contributed by atoms with Crippen LogP contribution in [0.1, 0.15) is 67.4 Å². The predicted molar refractivity (Wildman–Crippen MR) is 98.6 cm³/mol. The summed E-state index contributed by atoms with van der Waals surface area (Å²) >= 11 is 0. The fourth-order valence-corrected chi connectivity index (χ4v) is 3.85. The van der Waals surface area contributed by atoms with Crippen molar-refractivity contribution >= 4 is 17.8 Å². The SMILES string of the molecule is CCC(CC)CN1CC2(CCN(C(=O)c3cc(C(C)=O)n[nH]3)CC2)OC1=O. The van der Waals surface area contributed by atoms with Gasteiger partial charge < -0.3 is 14.5 Å². The van der Waals surface area contributed by atoms with E-state index >= 15 is 0 Å². The molecule has 3 heterocycles. The standard InChI is InChI=1S/C19H28N4O4/c1-4-14(5-2)11-23-12-19(27-18(23)26)6-8-22(9-7-19)17(25)16-10-15(13(3)24)20-21-16/h10,14H,4-9,11-12H2,1-3H3,(H,20,21). The topological polar surface area (TPSA) is 95.6 Å². The van der Waals surface area contributed by atoms with Crippen molar-refractivity contribution in [3.05, 3.63) is 17.5 Å². The Kier molecular flexibility index (Phi) is 5.53. The van der Waals surface area contributed by atoms with Crippen LogP contribution in [0.25, 0.3) is 0 Å². The van der Waals surface area contributed by atoms with Crippen LogP contribution in [0.2, 0.25) is 0 Å². The van der Waals surface area contributed by atoms with Crippen molar-refractivity contribution in [1.29, 1.82) is 0 Å². The molecule has 1 spiro atoms. The Morgan fingerprint density at radius 2 is 1.96 bits per heavy atom. The van der Waals surface area contributed by atoms with Gasteiger partial charge in [0.05, 0.1) is 6.54 Å². The lowest BCUT2D eigenvalue weighted by Crippen LogP contribution is -2.49. The number of nitrogens with one attached hydrogen (secondary N) is 1. The van der Waals surface area contributed by atoms with Gasteiger partial charge in [-0.1, -0.05) is 26.7 Å². The van der Waals surface area contributed by atoms with Crippen LogP contribution in [0.5, 0.6) is 0 Å². The van der Waals surface area contributed by atoms with Gasteiger partial charge in [-0.05, 0) is 12.0 Å². The molecule has 0 aromatic carbocycles. The number of amides is 2. The zero-order valence-electron chi connectivity index (χ0n) is 16.3. The summed E-state index contributed by atoms with van der Waals surface area (Å²) in [6.45, 7) is 8.06. The molecule has 0 radical (unpaired) electrons. The summed E-state index contributed by atoms with van der Waals surface area (Å²) < 4.78 is 5.75. The maximum Gasteiger partial charge on any atom is 0.410 e. The summed E-state index contributed by atoms with van der Waals surface area (Å²) in [7, 11) is 0. The molecule has 2 aliphatic rings. The number of aromatic nitrogens is 2. The second-order valence-corrected chi connectivity index (χ2v) is 7.63. The molecule has 2 aliphatic heterocycles. The maximum atomic E-state index is 12.6. The Balaban J connectivity index is 1.59. The first-order valence-electron chi connectivity index (χ1n) is 9.71.